The van der Waals surface area contributed by atoms with Crippen LogP contribution < -0.4 is 5.32 Å². The molecule has 2 heterocycles. The summed E-state index contributed by atoms with van der Waals surface area (Å²) in [6, 6.07) is 9.05. The van der Waals surface area contributed by atoms with Gasteiger partial charge in [-0.05, 0) is 57.5 Å². The Morgan fingerprint density at radius 2 is 2.10 bits per heavy atom. The van der Waals surface area contributed by atoms with Crippen LogP contribution in [0.15, 0.2) is 46.0 Å². The highest BCUT2D eigenvalue weighted by Gasteiger charge is 2.30. The van der Waals surface area contributed by atoms with Gasteiger partial charge >= 0.3 is 0 Å². The second kappa shape index (κ2) is 8.32. The van der Waals surface area contributed by atoms with Crippen molar-refractivity contribution in [3.8, 4) is 0 Å². The molecule has 0 radical (unpaired) electrons. The van der Waals surface area contributed by atoms with Crippen molar-refractivity contribution in [3.05, 3.63) is 57.8 Å². The number of halogens is 2. The van der Waals surface area contributed by atoms with Crippen LogP contribution in [0.3, 0.4) is 0 Å². The summed E-state index contributed by atoms with van der Waals surface area (Å²) in [5, 5.41) is 3.15. The lowest BCUT2D eigenvalue weighted by Crippen LogP contribution is -2.33. The number of hydrogen-bond acceptors (Lipinski definition) is 5. The van der Waals surface area contributed by atoms with Gasteiger partial charge in [-0.15, -0.1) is 0 Å². The maximum absolute atomic E-state index is 13.9. The standard InChI is InChI=1S/C22H25BrFN3O2/c1-14-12-29-13-22(4,27-14)16-7-17(23)9-18(8-16)25-11-20(28)19-6-5-15(10-26-19)21(2,3)24/h5-10,25H,11-13H2,1-4H3/t22-/m0/s1. The number of nitrogens with zero attached hydrogens (tertiary/aromatic N) is 2. The summed E-state index contributed by atoms with van der Waals surface area (Å²) in [4.78, 5) is 21.4. The molecule has 0 saturated carbocycles. The number of aliphatic imine (C=N–C) groups is 1. The van der Waals surface area contributed by atoms with Crippen molar-refractivity contribution in [1.29, 1.82) is 0 Å². The number of nitrogens with one attached hydrogen (secondary N) is 1. The summed E-state index contributed by atoms with van der Waals surface area (Å²) in [6.45, 7) is 8.04. The quantitative estimate of drug-likeness (QED) is 0.611. The lowest BCUT2D eigenvalue weighted by atomic mass is 9.92. The first-order valence-electron chi connectivity index (χ1n) is 9.43. The molecule has 0 amide bonds. The lowest BCUT2D eigenvalue weighted by Gasteiger charge is -2.31. The number of ketones is 1. The molecule has 1 aromatic carbocycles. The van der Waals surface area contributed by atoms with Crippen molar-refractivity contribution in [2.24, 2.45) is 4.99 Å². The molecular weight excluding hydrogens is 437 g/mol. The van der Waals surface area contributed by atoms with Gasteiger partial charge in [-0.2, -0.15) is 0 Å². The van der Waals surface area contributed by atoms with E-state index in [1.54, 1.807) is 12.1 Å². The number of anilines is 1. The normalized spacial score (nSPS) is 19.6. The highest BCUT2D eigenvalue weighted by Crippen LogP contribution is 2.33. The van der Waals surface area contributed by atoms with E-state index >= 15 is 0 Å². The Balaban J connectivity index is 1.73. The Labute approximate surface area is 178 Å². The van der Waals surface area contributed by atoms with E-state index in [1.165, 1.54) is 20.0 Å². The van der Waals surface area contributed by atoms with Gasteiger partial charge in [-0.3, -0.25) is 14.8 Å². The first-order valence-corrected chi connectivity index (χ1v) is 10.2. The van der Waals surface area contributed by atoms with Gasteiger partial charge in [-0.1, -0.05) is 22.0 Å². The summed E-state index contributed by atoms with van der Waals surface area (Å²) in [6.07, 6.45) is 1.41. The molecule has 154 valence electrons. The second-order valence-electron chi connectivity index (χ2n) is 8.02. The zero-order valence-corrected chi connectivity index (χ0v) is 18.6. The van der Waals surface area contributed by atoms with Gasteiger partial charge in [0.25, 0.3) is 0 Å². The molecule has 0 unspecified atom stereocenters. The van der Waals surface area contributed by atoms with Crippen LogP contribution in [0.1, 0.15) is 49.3 Å². The second-order valence-corrected chi connectivity index (χ2v) is 8.94. The molecule has 7 heteroatoms. The third kappa shape index (κ3) is 5.28. The molecule has 0 fully saturated rings. The van der Waals surface area contributed by atoms with Gasteiger partial charge in [0, 0.05) is 27.6 Å². The Morgan fingerprint density at radius 1 is 1.34 bits per heavy atom. The molecule has 5 nitrogen and oxygen atoms in total. The van der Waals surface area contributed by atoms with E-state index < -0.39 is 11.2 Å². The van der Waals surface area contributed by atoms with Gasteiger partial charge < -0.3 is 10.1 Å². The lowest BCUT2D eigenvalue weighted by molar-refractivity contribution is 0.100. The highest BCUT2D eigenvalue weighted by atomic mass is 79.9. The van der Waals surface area contributed by atoms with E-state index in [9.17, 15) is 9.18 Å². The molecule has 2 aromatic rings. The number of alkyl halides is 1. The number of pyridine rings is 1. The molecule has 1 atom stereocenters. The zero-order chi connectivity index (χ0) is 21.2. The van der Waals surface area contributed by atoms with Crippen molar-refractivity contribution in [2.75, 3.05) is 25.1 Å². The summed E-state index contributed by atoms with van der Waals surface area (Å²) in [7, 11) is 0. The van der Waals surface area contributed by atoms with Crippen LogP contribution in [0.2, 0.25) is 0 Å². The van der Waals surface area contributed by atoms with Crippen LogP contribution in [-0.4, -0.2) is 36.2 Å². The minimum Gasteiger partial charge on any atom is -0.377 e. The smallest absolute Gasteiger partial charge is 0.200 e. The first-order chi connectivity index (χ1) is 13.6. The van der Waals surface area contributed by atoms with E-state index in [2.05, 4.69) is 26.2 Å². The minimum atomic E-state index is -1.49. The fourth-order valence-corrected chi connectivity index (χ4v) is 3.71. The van der Waals surface area contributed by atoms with Gasteiger partial charge in [0.1, 0.15) is 16.9 Å². The SMILES string of the molecule is CC1=N[C@](C)(c2cc(Br)cc(NCC(=O)c3ccc(C(C)(C)F)cn3)c2)COC1. The fourth-order valence-electron chi connectivity index (χ4n) is 3.22. The number of aromatic nitrogens is 1. The molecule has 0 aliphatic carbocycles. The predicted molar refractivity (Wildman–Crippen MR) is 117 cm³/mol. The molecule has 1 aliphatic heterocycles. The maximum Gasteiger partial charge on any atom is 0.200 e. The minimum absolute atomic E-state index is 0.0801. The monoisotopic (exact) mass is 461 g/mol. The molecule has 0 bridgehead atoms. The van der Waals surface area contributed by atoms with Crippen LogP contribution in [0.4, 0.5) is 10.1 Å². The van der Waals surface area contributed by atoms with Crippen molar-refractivity contribution >= 4 is 33.1 Å². The number of hydrogen-bond donors (Lipinski definition) is 1. The molecule has 0 saturated heterocycles. The maximum atomic E-state index is 13.9. The van der Waals surface area contributed by atoms with Crippen LogP contribution >= 0.6 is 15.9 Å². The Morgan fingerprint density at radius 3 is 2.72 bits per heavy atom. The first kappa shape index (κ1) is 21.6. The highest BCUT2D eigenvalue weighted by molar-refractivity contribution is 9.10. The average Bonchev–Trinajstić information content (AvgIpc) is 2.65. The average molecular weight is 462 g/mol. The Kier molecular flexibility index (Phi) is 6.19. The number of carbonyl (C=O) groups excluding carboxylic acids is 1. The van der Waals surface area contributed by atoms with E-state index in [0.29, 0.717) is 24.5 Å². The number of ether oxygens (including phenoxy) is 1. The van der Waals surface area contributed by atoms with E-state index in [4.69, 9.17) is 9.73 Å². The summed E-state index contributed by atoms with van der Waals surface area (Å²) in [5.41, 5.74) is 1.53. The van der Waals surface area contributed by atoms with Gasteiger partial charge in [0.2, 0.25) is 0 Å². The number of Topliss-reactive ketones (excluding diaryl/α,β-unsaturated/α-hetero) is 1. The van der Waals surface area contributed by atoms with Crippen molar-refractivity contribution in [1.82, 2.24) is 4.98 Å². The third-order valence-corrected chi connectivity index (χ3v) is 5.30. The van der Waals surface area contributed by atoms with E-state index in [0.717, 1.165) is 21.4 Å². The Hall–Kier alpha value is -2.12. The Bertz CT molecular complexity index is 938. The number of rotatable bonds is 6. The molecule has 1 aliphatic rings. The topological polar surface area (TPSA) is 63.6 Å². The number of benzene rings is 1. The summed E-state index contributed by atoms with van der Waals surface area (Å²) >= 11 is 3.54. The van der Waals surface area contributed by atoms with Gasteiger partial charge in [0.05, 0.1) is 19.8 Å². The van der Waals surface area contributed by atoms with Gasteiger partial charge in [0.15, 0.2) is 5.78 Å². The van der Waals surface area contributed by atoms with E-state index in [1.807, 2.05) is 32.0 Å². The number of carbonyl (C=O) groups is 1. The fraction of sp³-hybridized carbons (Fsp3) is 0.409. The predicted octanol–water partition coefficient (Wildman–Crippen LogP) is 5.05. The molecular formula is C22H25BrFN3O2. The van der Waals surface area contributed by atoms with Crippen LogP contribution in [0, 0.1) is 0 Å². The molecule has 0 spiro atoms. The molecule has 29 heavy (non-hydrogen) atoms. The summed E-state index contributed by atoms with van der Waals surface area (Å²) < 4.78 is 20.5. The van der Waals surface area contributed by atoms with Crippen molar-refractivity contribution in [3.63, 3.8) is 0 Å². The zero-order valence-electron chi connectivity index (χ0n) is 17.1. The molecule has 1 aromatic heterocycles. The van der Waals surface area contributed by atoms with Gasteiger partial charge in [-0.25, -0.2) is 4.39 Å². The van der Waals surface area contributed by atoms with Crippen LogP contribution in [0.5, 0.6) is 0 Å². The summed E-state index contributed by atoms with van der Waals surface area (Å²) in [5.74, 6) is -0.171. The molecule has 3 rings (SSSR count). The third-order valence-electron chi connectivity index (χ3n) is 4.84. The van der Waals surface area contributed by atoms with Crippen LogP contribution in [-0.2, 0) is 15.9 Å². The largest absolute Gasteiger partial charge is 0.377 e. The van der Waals surface area contributed by atoms with E-state index in [-0.39, 0.29) is 12.3 Å². The molecule has 1 N–H and O–H groups in total. The van der Waals surface area contributed by atoms with Crippen molar-refractivity contribution < 1.29 is 13.9 Å². The van der Waals surface area contributed by atoms with Crippen LogP contribution in [0.25, 0.3) is 0 Å². The van der Waals surface area contributed by atoms with Crippen molar-refractivity contribution in [2.45, 2.75) is 38.9 Å².